The maximum absolute atomic E-state index is 5.16. The Morgan fingerprint density at radius 3 is 1.46 bits per heavy atom. The van der Waals surface area contributed by atoms with Gasteiger partial charge in [-0.25, -0.2) is 9.97 Å². The molecule has 56 heavy (non-hydrogen) atoms. The molecule has 0 saturated carbocycles. The third kappa shape index (κ3) is 5.69. The third-order valence-electron chi connectivity index (χ3n) is 10.9. The molecule has 0 spiro atoms. The predicted molar refractivity (Wildman–Crippen MR) is 230 cm³/mol. The molecule has 0 unspecified atom stereocenters. The molecule has 0 atom stereocenters. The summed E-state index contributed by atoms with van der Waals surface area (Å²) in [5.74, 6) is 0.705. The Hall–Kier alpha value is -7.36. The van der Waals surface area contributed by atoms with Crippen LogP contribution >= 0.6 is 0 Å². The van der Waals surface area contributed by atoms with E-state index in [0.717, 1.165) is 50.6 Å². The number of hydrogen-bond acceptors (Lipinski definition) is 3. The lowest BCUT2D eigenvalue weighted by Crippen LogP contribution is -2.37. The van der Waals surface area contributed by atoms with Crippen molar-refractivity contribution in [1.82, 2.24) is 9.97 Å². The molecule has 3 heteroatoms. The Bertz CT molecular complexity index is 2690. The van der Waals surface area contributed by atoms with Gasteiger partial charge in [-0.3, -0.25) is 0 Å². The zero-order valence-corrected chi connectivity index (χ0v) is 30.7. The lowest BCUT2D eigenvalue weighted by molar-refractivity contribution is 0.731. The molecule has 0 saturated heterocycles. The van der Waals surface area contributed by atoms with Crippen LogP contribution in [0.3, 0.4) is 0 Å². The SMILES string of the molecule is c1ccc(-c2cc(-c3cccc(-c4ccc5c(c4)C(c4ccccc4)(c4ccccc4)c4ccccc4N5c4ccccc4)c3)nc(-c3ccccc3)n2)cc1. The second-order valence-electron chi connectivity index (χ2n) is 14.2. The molecule has 264 valence electrons. The highest BCUT2D eigenvalue weighted by molar-refractivity contribution is 5.91. The summed E-state index contributed by atoms with van der Waals surface area (Å²) < 4.78 is 0. The van der Waals surface area contributed by atoms with E-state index in [-0.39, 0.29) is 0 Å². The normalized spacial score (nSPS) is 12.8. The van der Waals surface area contributed by atoms with E-state index < -0.39 is 5.41 Å². The van der Waals surface area contributed by atoms with E-state index in [0.29, 0.717) is 5.82 Å². The topological polar surface area (TPSA) is 29.0 Å². The van der Waals surface area contributed by atoms with Gasteiger partial charge in [-0.05, 0) is 75.8 Å². The number of hydrogen-bond donors (Lipinski definition) is 0. The van der Waals surface area contributed by atoms with E-state index in [2.05, 4.69) is 205 Å². The molecule has 9 aromatic rings. The fraction of sp³-hybridized carbons (Fsp3) is 0.0189. The van der Waals surface area contributed by atoms with Gasteiger partial charge in [0, 0.05) is 22.4 Å². The van der Waals surface area contributed by atoms with Gasteiger partial charge in [0.1, 0.15) is 0 Å². The molecule has 0 aliphatic carbocycles. The molecular formula is C53H37N3. The minimum Gasteiger partial charge on any atom is -0.310 e. The van der Waals surface area contributed by atoms with Crippen LogP contribution in [0.15, 0.2) is 224 Å². The van der Waals surface area contributed by atoms with Crippen LogP contribution in [-0.4, -0.2) is 9.97 Å². The zero-order valence-electron chi connectivity index (χ0n) is 30.7. The van der Waals surface area contributed by atoms with E-state index in [1.165, 1.54) is 27.9 Å². The van der Waals surface area contributed by atoms with Crippen LogP contribution in [-0.2, 0) is 5.41 Å². The van der Waals surface area contributed by atoms with E-state index >= 15 is 0 Å². The standard InChI is InChI=1S/C53H37N3/c1-6-19-38(20-7-1)48-37-49(55-52(54-48)39-21-8-2-9-22-39)42-24-18-23-40(35-42)41-33-34-51-47(36-41)53(43-25-10-3-11-26-43,44-27-12-4-13-28-44)46-31-16-17-32-50(46)56(51)45-29-14-5-15-30-45/h1-37H. The van der Waals surface area contributed by atoms with Gasteiger partial charge in [-0.2, -0.15) is 0 Å². The number of benzene rings is 8. The highest BCUT2D eigenvalue weighted by Gasteiger charge is 2.46. The van der Waals surface area contributed by atoms with Crippen molar-refractivity contribution < 1.29 is 0 Å². The summed E-state index contributed by atoms with van der Waals surface area (Å²) in [6.45, 7) is 0. The summed E-state index contributed by atoms with van der Waals surface area (Å²) in [4.78, 5) is 12.6. The van der Waals surface area contributed by atoms with Crippen molar-refractivity contribution >= 4 is 17.1 Å². The van der Waals surface area contributed by atoms with Gasteiger partial charge in [0.05, 0.1) is 28.2 Å². The number of nitrogens with zero attached hydrogens (tertiary/aromatic N) is 3. The van der Waals surface area contributed by atoms with E-state index in [4.69, 9.17) is 9.97 Å². The monoisotopic (exact) mass is 715 g/mol. The molecule has 0 fully saturated rings. The molecule has 1 aromatic heterocycles. The van der Waals surface area contributed by atoms with Crippen LogP contribution in [0.1, 0.15) is 22.3 Å². The number of fused-ring (bicyclic) bond motifs is 2. The van der Waals surface area contributed by atoms with E-state index in [1.54, 1.807) is 0 Å². The largest absolute Gasteiger partial charge is 0.310 e. The predicted octanol–water partition coefficient (Wildman–Crippen LogP) is 13.3. The molecule has 0 amide bonds. The fourth-order valence-corrected chi connectivity index (χ4v) is 8.42. The first kappa shape index (κ1) is 33.2. The first-order chi connectivity index (χ1) is 27.8. The van der Waals surface area contributed by atoms with Crippen LogP contribution in [0, 0.1) is 0 Å². The van der Waals surface area contributed by atoms with Crippen molar-refractivity contribution in [3.05, 3.63) is 247 Å². The van der Waals surface area contributed by atoms with Gasteiger partial charge in [0.25, 0.3) is 0 Å². The lowest BCUT2D eigenvalue weighted by atomic mass is 9.62. The average molecular weight is 716 g/mol. The molecule has 1 aliphatic rings. The van der Waals surface area contributed by atoms with Crippen molar-refractivity contribution in [3.63, 3.8) is 0 Å². The summed E-state index contributed by atoms with van der Waals surface area (Å²) in [6.07, 6.45) is 0. The van der Waals surface area contributed by atoms with Gasteiger partial charge in [-0.1, -0.05) is 182 Å². The van der Waals surface area contributed by atoms with E-state index in [9.17, 15) is 0 Å². The molecule has 1 aliphatic heterocycles. The highest BCUT2D eigenvalue weighted by Crippen LogP contribution is 2.58. The minimum absolute atomic E-state index is 0.588. The number of aromatic nitrogens is 2. The van der Waals surface area contributed by atoms with Crippen LogP contribution < -0.4 is 4.90 Å². The van der Waals surface area contributed by atoms with Crippen molar-refractivity contribution in [2.45, 2.75) is 5.41 Å². The smallest absolute Gasteiger partial charge is 0.160 e. The quantitative estimate of drug-likeness (QED) is 0.164. The lowest BCUT2D eigenvalue weighted by Gasteiger charge is -2.46. The molecule has 10 rings (SSSR count). The fourth-order valence-electron chi connectivity index (χ4n) is 8.42. The third-order valence-corrected chi connectivity index (χ3v) is 10.9. The van der Waals surface area contributed by atoms with Gasteiger partial charge in [-0.15, -0.1) is 0 Å². The Kier molecular flexibility index (Phi) is 8.38. The summed E-state index contributed by atoms with van der Waals surface area (Å²) in [7, 11) is 0. The number of rotatable bonds is 7. The summed E-state index contributed by atoms with van der Waals surface area (Å²) in [6, 6.07) is 80.1. The first-order valence-corrected chi connectivity index (χ1v) is 19.1. The van der Waals surface area contributed by atoms with Gasteiger partial charge < -0.3 is 4.90 Å². The second-order valence-corrected chi connectivity index (χ2v) is 14.2. The Labute approximate surface area is 327 Å². The van der Waals surface area contributed by atoms with Gasteiger partial charge in [0.15, 0.2) is 5.82 Å². The van der Waals surface area contributed by atoms with Crippen LogP contribution in [0.2, 0.25) is 0 Å². The summed E-state index contributed by atoms with van der Waals surface area (Å²) in [5, 5.41) is 0. The van der Waals surface area contributed by atoms with Gasteiger partial charge >= 0.3 is 0 Å². The maximum atomic E-state index is 5.16. The Morgan fingerprint density at radius 2 is 0.804 bits per heavy atom. The Balaban J connectivity index is 1.20. The first-order valence-electron chi connectivity index (χ1n) is 19.1. The second kappa shape index (κ2) is 14.1. The average Bonchev–Trinajstić information content (AvgIpc) is 3.29. The van der Waals surface area contributed by atoms with Crippen LogP contribution in [0.25, 0.3) is 45.0 Å². The number of para-hydroxylation sites is 2. The molecule has 3 nitrogen and oxygen atoms in total. The molecule has 0 radical (unpaired) electrons. The van der Waals surface area contributed by atoms with Crippen molar-refractivity contribution in [2.75, 3.05) is 4.90 Å². The zero-order chi connectivity index (χ0) is 37.3. The van der Waals surface area contributed by atoms with E-state index in [1.807, 2.05) is 24.3 Å². The maximum Gasteiger partial charge on any atom is 0.160 e. The van der Waals surface area contributed by atoms with Crippen LogP contribution in [0.4, 0.5) is 17.1 Å². The molecule has 8 aromatic carbocycles. The van der Waals surface area contributed by atoms with Crippen molar-refractivity contribution in [1.29, 1.82) is 0 Å². The molecular weight excluding hydrogens is 679 g/mol. The van der Waals surface area contributed by atoms with Crippen molar-refractivity contribution in [3.8, 4) is 45.0 Å². The van der Waals surface area contributed by atoms with Crippen molar-refractivity contribution in [2.24, 2.45) is 0 Å². The summed E-state index contributed by atoms with van der Waals surface area (Å²) >= 11 is 0. The van der Waals surface area contributed by atoms with Gasteiger partial charge in [0.2, 0.25) is 0 Å². The number of anilines is 3. The highest BCUT2D eigenvalue weighted by atomic mass is 15.2. The minimum atomic E-state index is -0.588. The molecule has 0 N–H and O–H groups in total. The summed E-state index contributed by atoms with van der Waals surface area (Å²) in [5.41, 5.74) is 14.9. The Morgan fingerprint density at radius 1 is 0.321 bits per heavy atom. The van der Waals surface area contributed by atoms with Crippen LogP contribution in [0.5, 0.6) is 0 Å². The molecule has 2 heterocycles. The molecule has 0 bridgehead atoms.